The van der Waals surface area contributed by atoms with Crippen molar-refractivity contribution in [1.29, 1.82) is 5.26 Å². The number of carbonyl (C=O) groups is 1. The normalized spacial score (nSPS) is 11.0. The van der Waals surface area contributed by atoms with Gasteiger partial charge >= 0.3 is 0 Å². The van der Waals surface area contributed by atoms with Gasteiger partial charge in [0.05, 0.1) is 33.0 Å². The number of rotatable bonds is 7. The molecule has 0 fully saturated rings. The van der Waals surface area contributed by atoms with Crippen LogP contribution in [-0.2, 0) is 4.79 Å². The second kappa shape index (κ2) is 8.62. The Kier molecular flexibility index (Phi) is 6.28. The van der Waals surface area contributed by atoms with Crippen molar-refractivity contribution < 1.29 is 19.0 Å². The molecule has 7 heteroatoms. The van der Waals surface area contributed by atoms with Crippen LogP contribution in [0.3, 0.4) is 0 Å². The Bertz CT molecular complexity index is 788. The molecule has 0 aliphatic carbocycles. The van der Waals surface area contributed by atoms with E-state index in [4.69, 9.17) is 19.5 Å². The molecule has 1 amide bonds. The molecule has 0 heterocycles. The second-order valence-corrected chi connectivity index (χ2v) is 5.46. The van der Waals surface area contributed by atoms with Gasteiger partial charge in [-0.15, -0.1) is 0 Å². The molecule has 2 aromatic rings. The summed E-state index contributed by atoms with van der Waals surface area (Å²) >= 11 is 0. The van der Waals surface area contributed by atoms with E-state index >= 15 is 0 Å². The molecule has 0 radical (unpaired) electrons. The number of nitrogens with one attached hydrogen (secondary N) is 2. The van der Waals surface area contributed by atoms with Crippen LogP contribution >= 0.6 is 0 Å². The molecule has 0 saturated carbocycles. The van der Waals surface area contributed by atoms with Crippen LogP contribution in [0.5, 0.6) is 17.2 Å². The number of ether oxygens (including phenoxy) is 3. The first-order chi connectivity index (χ1) is 12.5. The van der Waals surface area contributed by atoms with Crippen molar-refractivity contribution in [3.63, 3.8) is 0 Å². The van der Waals surface area contributed by atoms with E-state index in [1.807, 2.05) is 6.07 Å². The molecule has 0 spiro atoms. The van der Waals surface area contributed by atoms with Crippen LogP contribution in [0.4, 0.5) is 11.4 Å². The zero-order chi connectivity index (χ0) is 19.1. The van der Waals surface area contributed by atoms with E-state index in [2.05, 4.69) is 10.6 Å². The molecule has 7 nitrogen and oxygen atoms in total. The minimum Gasteiger partial charge on any atom is -0.493 e. The van der Waals surface area contributed by atoms with Gasteiger partial charge in [0.1, 0.15) is 6.04 Å². The zero-order valence-corrected chi connectivity index (χ0v) is 15.1. The molecule has 0 unspecified atom stereocenters. The Morgan fingerprint density at radius 2 is 1.58 bits per heavy atom. The number of hydrogen-bond acceptors (Lipinski definition) is 6. The van der Waals surface area contributed by atoms with Crippen molar-refractivity contribution in [3.05, 3.63) is 42.0 Å². The molecule has 1 atom stereocenters. The first-order valence-corrected chi connectivity index (χ1v) is 7.90. The summed E-state index contributed by atoms with van der Waals surface area (Å²) in [7, 11) is 4.59. The van der Waals surface area contributed by atoms with Crippen LogP contribution in [0.1, 0.15) is 12.5 Å². The van der Waals surface area contributed by atoms with Gasteiger partial charge in [0, 0.05) is 23.5 Å². The molecule has 0 bridgehead atoms. The van der Waals surface area contributed by atoms with E-state index in [9.17, 15) is 4.79 Å². The first-order valence-electron chi connectivity index (χ1n) is 7.90. The minimum atomic E-state index is -0.520. The van der Waals surface area contributed by atoms with Gasteiger partial charge in [0.25, 0.3) is 0 Å². The molecular formula is C19H21N3O4. The van der Waals surface area contributed by atoms with Crippen molar-refractivity contribution in [1.82, 2.24) is 0 Å². The molecule has 136 valence electrons. The number of hydrogen-bond donors (Lipinski definition) is 2. The summed E-state index contributed by atoms with van der Waals surface area (Å²) in [5, 5.41) is 14.7. The maximum absolute atomic E-state index is 12.4. The van der Waals surface area contributed by atoms with Crippen LogP contribution in [-0.4, -0.2) is 33.3 Å². The Morgan fingerprint density at radius 3 is 2.04 bits per heavy atom. The Morgan fingerprint density at radius 1 is 1.00 bits per heavy atom. The molecule has 2 rings (SSSR count). The fraction of sp³-hybridized carbons (Fsp3) is 0.263. The molecule has 2 aromatic carbocycles. The number of nitriles is 1. The highest BCUT2D eigenvalue weighted by atomic mass is 16.5. The number of methoxy groups -OCH3 is 3. The van der Waals surface area contributed by atoms with E-state index in [0.717, 1.165) is 0 Å². The van der Waals surface area contributed by atoms with Crippen molar-refractivity contribution in [3.8, 4) is 23.3 Å². The smallest absolute Gasteiger partial charge is 0.246 e. The van der Waals surface area contributed by atoms with Crippen LogP contribution < -0.4 is 24.8 Å². The third-order valence-electron chi connectivity index (χ3n) is 3.72. The Labute approximate surface area is 152 Å². The maximum atomic E-state index is 12.4. The van der Waals surface area contributed by atoms with Gasteiger partial charge in [0.15, 0.2) is 11.5 Å². The monoisotopic (exact) mass is 355 g/mol. The number of carbonyl (C=O) groups excluding carboxylic acids is 1. The topological polar surface area (TPSA) is 92.6 Å². The zero-order valence-electron chi connectivity index (χ0n) is 15.1. The summed E-state index contributed by atoms with van der Waals surface area (Å²) in [5.41, 5.74) is 1.81. The van der Waals surface area contributed by atoms with Gasteiger partial charge in [0.2, 0.25) is 11.7 Å². The molecule has 0 aliphatic heterocycles. The second-order valence-electron chi connectivity index (χ2n) is 5.46. The fourth-order valence-corrected chi connectivity index (χ4v) is 2.36. The number of benzene rings is 2. The van der Waals surface area contributed by atoms with Crippen LogP contribution in [0.15, 0.2) is 36.4 Å². The lowest BCUT2D eigenvalue weighted by Crippen LogP contribution is -2.31. The van der Waals surface area contributed by atoms with E-state index in [-0.39, 0.29) is 5.91 Å². The lowest BCUT2D eigenvalue weighted by Gasteiger charge is -2.18. The van der Waals surface area contributed by atoms with Gasteiger partial charge in [-0.2, -0.15) is 5.26 Å². The van der Waals surface area contributed by atoms with Gasteiger partial charge < -0.3 is 24.8 Å². The van der Waals surface area contributed by atoms with E-state index in [1.165, 1.54) is 21.3 Å². The molecule has 2 N–H and O–H groups in total. The molecule has 0 saturated heterocycles. The number of nitrogens with zero attached hydrogens (tertiary/aromatic N) is 1. The van der Waals surface area contributed by atoms with E-state index in [1.54, 1.807) is 43.3 Å². The predicted octanol–water partition coefficient (Wildman–Crippen LogP) is 3.02. The summed E-state index contributed by atoms with van der Waals surface area (Å²) < 4.78 is 15.9. The van der Waals surface area contributed by atoms with Crippen LogP contribution in [0.2, 0.25) is 0 Å². The van der Waals surface area contributed by atoms with Gasteiger partial charge in [-0.25, -0.2) is 0 Å². The van der Waals surface area contributed by atoms with Crippen molar-refractivity contribution in [2.24, 2.45) is 0 Å². The third kappa shape index (κ3) is 4.36. The third-order valence-corrected chi connectivity index (χ3v) is 3.72. The predicted molar refractivity (Wildman–Crippen MR) is 99.0 cm³/mol. The van der Waals surface area contributed by atoms with E-state index in [0.29, 0.717) is 34.2 Å². The van der Waals surface area contributed by atoms with Crippen molar-refractivity contribution >= 4 is 17.3 Å². The summed E-state index contributed by atoms with van der Waals surface area (Å²) in [6, 6.07) is 11.6. The van der Waals surface area contributed by atoms with E-state index < -0.39 is 6.04 Å². The highest BCUT2D eigenvalue weighted by Gasteiger charge is 2.17. The van der Waals surface area contributed by atoms with Gasteiger partial charge in [-0.3, -0.25) is 4.79 Å². The first kappa shape index (κ1) is 18.9. The Hall–Kier alpha value is -3.40. The largest absolute Gasteiger partial charge is 0.493 e. The van der Waals surface area contributed by atoms with Crippen molar-refractivity contribution in [2.45, 2.75) is 13.0 Å². The van der Waals surface area contributed by atoms with Gasteiger partial charge in [-0.05, 0) is 31.2 Å². The van der Waals surface area contributed by atoms with Crippen LogP contribution in [0.25, 0.3) is 0 Å². The molecular weight excluding hydrogens is 334 g/mol. The average molecular weight is 355 g/mol. The van der Waals surface area contributed by atoms with Gasteiger partial charge in [-0.1, -0.05) is 0 Å². The highest BCUT2D eigenvalue weighted by Crippen LogP contribution is 2.40. The van der Waals surface area contributed by atoms with Crippen LogP contribution in [0, 0.1) is 11.3 Å². The molecule has 26 heavy (non-hydrogen) atoms. The average Bonchev–Trinajstić information content (AvgIpc) is 2.67. The lowest BCUT2D eigenvalue weighted by molar-refractivity contribution is -0.116. The summed E-state index contributed by atoms with van der Waals surface area (Å²) in [6.45, 7) is 1.74. The fourth-order valence-electron chi connectivity index (χ4n) is 2.36. The van der Waals surface area contributed by atoms with Crippen molar-refractivity contribution in [2.75, 3.05) is 32.0 Å². The quantitative estimate of drug-likeness (QED) is 0.793. The number of amides is 1. The molecule has 0 aliphatic rings. The summed E-state index contributed by atoms with van der Waals surface area (Å²) in [4.78, 5) is 12.4. The SMILES string of the molecule is COc1cc(N[C@@H](C)C(=O)Nc2ccc(C#N)cc2)cc(OC)c1OC. The number of anilines is 2. The standard InChI is InChI=1S/C19H21N3O4/c1-12(19(23)22-14-7-5-13(11-20)6-8-14)21-15-9-16(24-2)18(26-4)17(10-15)25-3/h5-10,12,21H,1-4H3,(H,22,23)/t12-/m0/s1. The minimum absolute atomic E-state index is 0.219. The molecule has 0 aromatic heterocycles. The highest BCUT2D eigenvalue weighted by molar-refractivity contribution is 5.96. The summed E-state index contributed by atoms with van der Waals surface area (Å²) in [6.07, 6.45) is 0. The summed E-state index contributed by atoms with van der Waals surface area (Å²) in [5.74, 6) is 1.25. The maximum Gasteiger partial charge on any atom is 0.246 e. The lowest BCUT2D eigenvalue weighted by atomic mass is 10.2. The Balaban J connectivity index is 2.11.